The molecule has 104 valence electrons. The van der Waals surface area contributed by atoms with Crippen molar-refractivity contribution in [1.82, 2.24) is 0 Å². The number of rotatable bonds is 4. The average Bonchev–Trinajstić information content (AvgIpc) is 2.98. The van der Waals surface area contributed by atoms with Gasteiger partial charge in [0.1, 0.15) is 5.00 Å². The Morgan fingerprint density at radius 1 is 1.58 bits per heavy atom. The fourth-order valence-corrected chi connectivity index (χ4v) is 2.83. The fourth-order valence-electron chi connectivity index (χ4n) is 1.92. The van der Waals surface area contributed by atoms with Crippen LogP contribution in [0.2, 0.25) is 0 Å². The van der Waals surface area contributed by atoms with E-state index in [1.165, 1.54) is 11.3 Å². The molecule has 1 saturated heterocycles. The number of hydrogen-bond donors (Lipinski definition) is 1. The number of carbonyl (C=O) groups excluding carboxylic acids is 2. The summed E-state index contributed by atoms with van der Waals surface area (Å²) in [5.41, 5.74) is 0.427. The molecule has 2 rings (SSSR count). The van der Waals surface area contributed by atoms with Crippen LogP contribution in [0.1, 0.15) is 28.6 Å². The first kappa shape index (κ1) is 14.0. The summed E-state index contributed by atoms with van der Waals surface area (Å²) < 4.78 is 10.2. The normalized spacial score (nSPS) is 18.3. The van der Waals surface area contributed by atoms with Gasteiger partial charge in [-0.15, -0.1) is 11.3 Å². The maximum absolute atomic E-state index is 12.0. The highest BCUT2D eigenvalue weighted by molar-refractivity contribution is 7.16. The zero-order valence-corrected chi connectivity index (χ0v) is 11.8. The van der Waals surface area contributed by atoms with E-state index < -0.39 is 5.97 Å². The standard InChI is InChI=1S/C13H17NO4S/c1-3-18-13(16)10-6-8(2)19-12(10)14-11(15)9-4-5-17-7-9/h6,9H,3-5,7H2,1-2H3,(H,14,15). The summed E-state index contributed by atoms with van der Waals surface area (Å²) >= 11 is 1.38. The van der Waals surface area contributed by atoms with Crippen LogP contribution < -0.4 is 5.32 Å². The first-order chi connectivity index (χ1) is 9.11. The van der Waals surface area contributed by atoms with Crippen molar-refractivity contribution in [1.29, 1.82) is 0 Å². The highest BCUT2D eigenvalue weighted by atomic mass is 32.1. The van der Waals surface area contributed by atoms with Gasteiger partial charge in [0.05, 0.1) is 24.7 Å². The van der Waals surface area contributed by atoms with Crippen LogP contribution in [0, 0.1) is 12.8 Å². The summed E-state index contributed by atoms with van der Waals surface area (Å²) in [6.07, 6.45) is 0.727. The Bertz CT molecular complexity index is 477. The third kappa shape index (κ3) is 3.33. The number of anilines is 1. The second-order valence-electron chi connectivity index (χ2n) is 4.37. The number of aryl methyl sites for hydroxylation is 1. The van der Waals surface area contributed by atoms with Gasteiger partial charge in [-0.25, -0.2) is 4.79 Å². The molecule has 1 fully saturated rings. The van der Waals surface area contributed by atoms with Crippen molar-refractivity contribution < 1.29 is 19.1 Å². The molecular formula is C13H17NO4S. The predicted octanol–water partition coefficient (Wildman–Crippen LogP) is 2.21. The van der Waals surface area contributed by atoms with E-state index in [2.05, 4.69) is 5.32 Å². The van der Waals surface area contributed by atoms with Crippen molar-refractivity contribution in [3.05, 3.63) is 16.5 Å². The zero-order valence-electron chi connectivity index (χ0n) is 11.0. The van der Waals surface area contributed by atoms with Crippen molar-refractivity contribution in [3.63, 3.8) is 0 Å². The molecule has 1 unspecified atom stereocenters. The molecule has 0 saturated carbocycles. The van der Waals surface area contributed by atoms with Crippen LogP contribution >= 0.6 is 11.3 Å². The van der Waals surface area contributed by atoms with Crippen LogP contribution in [-0.4, -0.2) is 31.7 Å². The van der Waals surface area contributed by atoms with Gasteiger partial charge in [0.15, 0.2) is 0 Å². The Hall–Kier alpha value is -1.40. The van der Waals surface area contributed by atoms with Crippen molar-refractivity contribution >= 4 is 28.2 Å². The molecule has 5 nitrogen and oxygen atoms in total. The van der Waals surface area contributed by atoms with Crippen LogP contribution in [-0.2, 0) is 14.3 Å². The van der Waals surface area contributed by atoms with Crippen LogP contribution in [0.25, 0.3) is 0 Å². The Balaban J connectivity index is 2.10. The molecule has 0 aromatic carbocycles. The highest BCUT2D eigenvalue weighted by Crippen LogP contribution is 2.29. The van der Waals surface area contributed by atoms with E-state index in [1.54, 1.807) is 13.0 Å². The molecule has 1 N–H and O–H groups in total. The van der Waals surface area contributed by atoms with Gasteiger partial charge < -0.3 is 14.8 Å². The second-order valence-corrected chi connectivity index (χ2v) is 5.63. The SMILES string of the molecule is CCOC(=O)c1cc(C)sc1NC(=O)C1CCOC1. The van der Waals surface area contributed by atoms with Crippen molar-refractivity contribution in [2.75, 3.05) is 25.1 Å². The summed E-state index contributed by atoms with van der Waals surface area (Å²) in [5, 5.41) is 3.37. The molecule has 0 spiro atoms. The molecule has 0 radical (unpaired) electrons. The summed E-state index contributed by atoms with van der Waals surface area (Å²) in [6, 6.07) is 1.74. The van der Waals surface area contributed by atoms with Crippen molar-refractivity contribution in [2.45, 2.75) is 20.3 Å². The molecule has 19 heavy (non-hydrogen) atoms. The van der Waals surface area contributed by atoms with E-state index >= 15 is 0 Å². The van der Waals surface area contributed by atoms with E-state index in [4.69, 9.17) is 9.47 Å². The lowest BCUT2D eigenvalue weighted by Gasteiger charge is -2.09. The van der Waals surface area contributed by atoms with Crippen LogP contribution in [0.5, 0.6) is 0 Å². The van der Waals surface area contributed by atoms with E-state index in [1.807, 2.05) is 6.92 Å². The molecule has 1 aliphatic rings. The van der Waals surface area contributed by atoms with Gasteiger partial charge in [0.2, 0.25) is 5.91 Å². The molecule has 0 bridgehead atoms. The Morgan fingerprint density at radius 3 is 3.00 bits per heavy atom. The van der Waals surface area contributed by atoms with Gasteiger partial charge in [0, 0.05) is 11.5 Å². The molecule has 1 aromatic rings. The van der Waals surface area contributed by atoms with Gasteiger partial charge in [-0.2, -0.15) is 0 Å². The number of amides is 1. The molecular weight excluding hydrogens is 266 g/mol. The van der Waals surface area contributed by atoms with Gasteiger partial charge in [-0.3, -0.25) is 4.79 Å². The minimum atomic E-state index is -0.398. The number of hydrogen-bond acceptors (Lipinski definition) is 5. The number of carbonyl (C=O) groups is 2. The van der Waals surface area contributed by atoms with Crippen molar-refractivity contribution in [2.24, 2.45) is 5.92 Å². The van der Waals surface area contributed by atoms with Crippen LogP contribution in [0.15, 0.2) is 6.07 Å². The molecule has 0 aliphatic carbocycles. The highest BCUT2D eigenvalue weighted by Gasteiger charge is 2.26. The topological polar surface area (TPSA) is 64.6 Å². The van der Waals surface area contributed by atoms with Gasteiger partial charge in [0.25, 0.3) is 0 Å². The number of esters is 1. The first-order valence-corrected chi connectivity index (χ1v) is 7.09. The summed E-state index contributed by atoms with van der Waals surface area (Å²) in [7, 11) is 0. The van der Waals surface area contributed by atoms with E-state index in [0.717, 1.165) is 11.3 Å². The summed E-state index contributed by atoms with van der Waals surface area (Å²) in [4.78, 5) is 24.8. The Labute approximate surface area is 115 Å². The monoisotopic (exact) mass is 283 g/mol. The minimum Gasteiger partial charge on any atom is -0.462 e. The molecule has 1 amide bonds. The van der Waals surface area contributed by atoms with Gasteiger partial charge in [-0.1, -0.05) is 0 Å². The molecule has 6 heteroatoms. The average molecular weight is 283 g/mol. The fraction of sp³-hybridized carbons (Fsp3) is 0.538. The number of nitrogens with one attached hydrogen (secondary N) is 1. The first-order valence-electron chi connectivity index (χ1n) is 6.28. The van der Waals surface area contributed by atoms with Gasteiger partial charge in [-0.05, 0) is 26.3 Å². The van der Waals surface area contributed by atoms with E-state index in [0.29, 0.717) is 30.4 Å². The lowest BCUT2D eigenvalue weighted by atomic mass is 10.1. The summed E-state index contributed by atoms with van der Waals surface area (Å²) in [5.74, 6) is -0.618. The molecule has 1 aromatic heterocycles. The zero-order chi connectivity index (χ0) is 13.8. The predicted molar refractivity (Wildman–Crippen MR) is 72.6 cm³/mol. The quantitative estimate of drug-likeness (QED) is 0.860. The lowest BCUT2D eigenvalue weighted by molar-refractivity contribution is -0.119. The largest absolute Gasteiger partial charge is 0.462 e. The van der Waals surface area contributed by atoms with Crippen LogP contribution in [0.4, 0.5) is 5.00 Å². The Kier molecular flexibility index (Phi) is 4.55. The lowest BCUT2D eigenvalue weighted by Crippen LogP contribution is -2.23. The van der Waals surface area contributed by atoms with Gasteiger partial charge >= 0.3 is 5.97 Å². The van der Waals surface area contributed by atoms with E-state index in [9.17, 15) is 9.59 Å². The van der Waals surface area contributed by atoms with E-state index in [-0.39, 0.29) is 11.8 Å². The minimum absolute atomic E-state index is 0.0927. The molecule has 1 aliphatic heterocycles. The van der Waals surface area contributed by atoms with Crippen molar-refractivity contribution in [3.8, 4) is 0 Å². The smallest absolute Gasteiger partial charge is 0.341 e. The second kappa shape index (κ2) is 6.16. The number of ether oxygens (including phenoxy) is 2. The number of thiophene rings is 1. The van der Waals surface area contributed by atoms with Crippen LogP contribution in [0.3, 0.4) is 0 Å². The summed E-state index contributed by atoms with van der Waals surface area (Å²) in [6.45, 7) is 5.03. The third-order valence-corrected chi connectivity index (χ3v) is 3.85. The molecule has 1 atom stereocenters. The third-order valence-electron chi connectivity index (χ3n) is 2.89. The Morgan fingerprint density at radius 2 is 2.37 bits per heavy atom. The maximum atomic E-state index is 12.0. The molecule has 2 heterocycles. The maximum Gasteiger partial charge on any atom is 0.341 e.